The Morgan fingerprint density at radius 2 is 1.43 bits per heavy atom. The third-order valence-electron chi connectivity index (χ3n) is 5.52. The smallest absolute Gasteiger partial charge is 0.413 e. The molecule has 12 heteroatoms. The number of fused-ring (bicyclic) bond motifs is 2. The lowest BCUT2D eigenvalue weighted by Crippen LogP contribution is -2.11. The quantitative estimate of drug-likeness (QED) is 0.135. The zero-order valence-electron chi connectivity index (χ0n) is 22.1. The molecular formula is C28H28N6O5S. The summed E-state index contributed by atoms with van der Waals surface area (Å²) >= 11 is 1.80. The molecule has 0 saturated carbocycles. The molecule has 0 bridgehead atoms. The highest BCUT2D eigenvalue weighted by atomic mass is 32.2. The average Bonchev–Trinajstić information content (AvgIpc) is 3.58. The van der Waals surface area contributed by atoms with Gasteiger partial charge in [0.2, 0.25) is 11.9 Å². The summed E-state index contributed by atoms with van der Waals surface area (Å²) in [4.78, 5) is 50.2. The fraction of sp³-hybridized carbons (Fsp3) is 0.179. The number of hydrogen-bond donors (Lipinski definition) is 4. The molecule has 0 atom stereocenters. The van der Waals surface area contributed by atoms with Gasteiger partial charge in [0, 0.05) is 16.0 Å². The number of methoxy groups -OCH3 is 2. The lowest BCUT2D eigenvalue weighted by molar-refractivity contribution is 0.103. The zero-order chi connectivity index (χ0) is 28.5. The van der Waals surface area contributed by atoms with Crippen molar-refractivity contribution >= 4 is 63.7 Å². The summed E-state index contributed by atoms with van der Waals surface area (Å²) in [6.45, 7) is 2.15. The van der Waals surface area contributed by atoms with Gasteiger partial charge >= 0.3 is 12.2 Å². The van der Waals surface area contributed by atoms with Crippen molar-refractivity contribution in [2.45, 2.75) is 18.2 Å². The summed E-state index contributed by atoms with van der Waals surface area (Å²) in [6, 6.07) is 20.2. The van der Waals surface area contributed by atoms with E-state index in [4.69, 9.17) is 0 Å². The van der Waals surface area contributed by atoms with Crippen molar-refractivity contribution in [3.63, 3.8) is 0 Å². The standard InChI is InChI=1S/C16H13N3O3.C12H15N3O2S/c1-22-16(21)19-15-17-12-8-7-11(9-13(12)18-15)14(20)10-5-3-2-4-6-10;1-3-6-18-8-4-5-9-10(7-8)14-11(13-9)15-12(16)17-2/h2-9H,1H3,(H2,17,18,19,21);4-5,7H,3,6H2,1-2H3,(H2,13,14,15,16). The second-order valence-electron chi connectivity index (χ2n) is 8.36. The summed E-state index contributed by atoms with van der Waals surface area (Å²) in [5, 5.41) is 4.96. The average molecular weight is 561 g/mol. The molecule has 2 heterocycles. The number of nitrogens with zero attached hydrogens (tertiary/aromatic N) is 2. The van der Waals surface area contributed by atoms with Gasteiger partial charge in [0.05, 0.1) is 36.3 Å². The van der Waals surface area contributed by atoms with Crippen LogP contribution in [0.2, 0.25) is 0 Å². The van der Waals surface area contributed by atoms with Crippen LogP contribution >= 0.6 is 11.8 Å². The number of carbonyl (C=O) groups is 3. The van der Waals surface area contributed by atoms with Crippen LogP contribution in [0.5, 0.6) is 0 Å². The maximum atomic E-state index is 12.4. The van der Waals surface area contributed by atoms with Crippen molar-refractivity contribution in [1.29, 1.82) is 0 Å². The molecule has 4 N–H and O–H groups in total. The van der Waals surface area contributed by atoms with E-state index in [1.54, 1.807) is 42.1 Å². The molecule has 0 fully saturated rings. The number of ketones is 1. The van der Waals surface area contributed by atoms with E-state index >= 15 is 0 Å². The second kappa shape index (κ2) is 13.3. The molecular weight excluding hydrogens is 532 g/mol. The fourth-order valence-electron chi connectivity index (χ4n) is 3.62. The Labute approximate surface area is 234 Å². The van der Waals surface area contributed by atoms with Crippen LogP contribution in [0.1, 0.15) is 29.3 Å². The molecule has 0 saturated heterocycles. The number of rotatable bonds is 7. The Morgan fingerprint density at radius 3 is 2.08 bits per heavy atom. The predicted molar refractivity (Wildman–Crippen MR) is 155 cm³/mol. The lowest BCUT2D eigenvalue weighted by Gasteiger charge is -2.00. The highest BCUT2D eigenvalue weighted by Gasteiger charge is 2.12. The Balaban J connectivity index is 0.000000189. The molecule has 2 aromatic heterocycles. The number of anilines is 2. The maximum absolute atomic E-state index is 12.4. The minimum absolute atomic E-state index is 0.0698. The van der Waals surface area contributed by atoms with E-state index < -0.39 is 12.2 Å². The topological polar surface area (TPSA) is 151 Å². The minimum Gasteiger partial charge on any atom is -0.453 e. The number of H-pyrrole nitrogens is 2. The van der Waals surface area contributed by atoms with Crippen molar-refractivity contribution in [2.75, 3.05) is 30.6 Å². The van der Waals surface area contributed by atoms with E-state index in [-0.39, 0.29) is 11.7 Å². The Morgan fingerprint density at radius 1 is 0.775 bits per heavy atom. The number of nitrogens with one attached hydrogen (secondary N) is 4. The summed E-state index contributed by atoms with van der Waals surface area (Å²) in [5.74, 6) is 1.68. The zero-order valence-corrected chi connectivity index (χ0v) is 22.9. The fourth-order valence-corrected chi connectivity index (χ4v) is 4.42. The first-order chi connectivity index (χ1) is 19.4. The summed E-state index contributed by atoms with van der Waals surface area (Å²) in [6.07, 6.45) is -0.00687. The minimum atomic E-state index is -0.611. The Bertz CT molecular complexity index is 1630. The van der Waals surface area contributed by atoms with E-state index in [0.717, 1.165) is 23.2 Å². The van der Waals surface area contributed by atoms with Crippen molar-refractivity contribution in [3.8, 4) is 0 Å². The van der Waals surface area contributed by atoms with Crippen molar-refractivity contribution in [2.24, 2.45) is 0 Å². The van der Waals surface area contributed by atoms with Gasteiger partial charge in [-0.2, -0.15) is 0 Å². The molecule has 0 radical (unpaired) electrons. The van der Waals surface area contributed by atoms with Gasteiger partial charge in [0.25, 0.3) is 0 Å². The Hall–Kier alpha value is -4.84. The molecule has 0 spiro atoms. The predicted octanol–water partition coefficient (Wildman–Crippen LogP) is 6.22. The number of amides is 2. The van der Waals surface area contributed by atoms with Crippen LogP contribution in [0, 0.1) is 0 Å². The Kier molecular flexibility index (Phi) is 9.36. The molecule has 3 aromatic carbocycles. The first kappa shape index (κ1) is 28.2. The van der Waals surface area contributed by atoms with Gasteiger partial charge in [-0.05, 0) is 48.6 Å². The summed E-state index contributed by atoms with van der Waals surface area (Å²) in [5.41, 5.74) is 4.20. The molecule has 5 rings (SSSR count). The van der Waals surface area contributed by atoms with E-state index in [9.17, 15) is 14.4 Å². The number of benzene rings is 3. The SMILES string of the molecule is CCCSc1ccc2[nH]c(NC(=O)OC)nc2c1.COC(=O)Nc1nc2ccc(C(=O)c3ccccc3)cc2[nH]1. The number of imidazole rings is 2. The number of thioether (sulfide) groups is 1. The number of hydrogen-bond acceptors (Lipinski definition) is 8. The molecule has 40 heavy (non-hydrogen) atoms. The number of aromatic amines is 2. The van der Waals surface area contributed by atoms with Crippen molar-refractivity contribution in [1.82, 2.24) is 19.9 Å². The molecule has 11 nitrogen and oxygen atoms in total. The van der Waals surface area contributed by atoms with Crippen LogP contribution in [0.3, 0.4) is 0 Å². The van der Waals surface area contributed by atoms with E-state index in [0.29, 0.717) is 28.1 Å². The van der Waals surface area contributed by atoms with Crippen LogP contribution in [-0.4, -0.2) is 57.9 Å². The number of aromatic nitrogens is 4. The van der Waals surface area contributed by atoms with Crippen LogP contribution in [0.25, 0.3) is 22.1 Å². The third kappa shape index (κ3) is 7.17. The van der Waals surface area contributed by atoms with Gasteiger partial charge in [0.15, 0.2) is 5.78 Å². The van der Waals surface area contributed by atoms with Gasteiger partial charge in [0.1, 0.15) is 0 Å². The summed E-state index contributed by atoms with van der Waals surface area (Å²) in [7, 11) is 2.59. The van der Waals surface area contributed by atoms with Gasteiger partial charge in [-0.15, -0.1) is 11.8 Å². The van der Waals surface area contributed by atoms with Crippen LogP contribution in [0.4, 0.5) is 21.5 Å². The first-order valence-electron chi connectivity index (χ1n) is 12.3. The normalized spacial score (nSPS) is 10.5. The van der Waals surface area contributed by atoms with Crippen molar-refractivity contribution < 1.29 is 23.9 Å². The second-order valence-corrected chi connectivity index (χ2v) is 9.53. The van der Waals surface area contributed by atoms with Crippen molar-refractivity contribution in [3.05, 3.63) is 77.9 Å². The molecule has 0 aliphatic carbocycles. The van der Waals surface area contributed by atoms with Crippen LogP contribution in [0.15, 0.2) is 71.6 Å². The monoisotopic (exact) mass is 560 g/mol. The van der Waals surface area contributed by atoms with Gasteiger partial charge in [-0.3, -0.25) is 15.4 Å². The molecule has 2 amide bonds. The van der Waals surface area contributed by atoms with Crippen LogP contribution < -0.4 is 10.6 Å². The van der Waals surface area contributed by atoms with E-state index in [2.05, 4.69) is 47.0 Å². The molecule has 0 aliphatic heterocycles. The van der Waals surface area contributed by atoms with E-state index in [1.165, 1.54) is 19.1 Å². The molecule has 0 aliphatic rings. The number of carbonyl (C=O) groups excluding carboxylic acids is 3. The molecule has 0 unspecified atom stereocenters. The lowest BCUT2D eigenvalue weighted by atomic mass is 10.0. The third-order valence-corrected chi connectivity index (χ3v) is 6.72. The van der Waals surface area contributed by atoms with Gasteiger partial charge in [-0.25, -0.2) is 19.6 Å². The van der Waals surface area contributed by atoms with Gasteiger partial charge in [-0.1, -0.05) is 37.3 Å². The van der Waals surface area contributed by atoms with Crippen LogP contribution in [-0.2, 0) is 9.47 Å². The summed E-state index contributed by atoms with van der Waals surface area (Å²) < 4.78 is 9.02. The highest BCUT2D eigenvalue weighted by molar-refractivity contribution is 7.99. The maximum Gasteiger partial charge on any atom is 0.413 e. The highest BCUT2D eigenvalue weighted by Crippen LogP contribution is 2.24. The molecule has 5 aromatic rings. The largest absolute Gasteiger partial charge is 0.453 e. The first-order valence-corrected chi connectivity index (χ1v) is 13.3. The number of ether oxygens (including phenoxy) is 2. The van der Waals surface area contributed by atoms with E-state index in [1.807, 2.05) is 36.4 Å². The van der Waals surface area contributed by atoms with Gasteiger partial charge < -0.3 is 19.4 Å². The molecule has 206 valence electrons.